The van der Waals surface area contributed by atoms with Crippen LogP contribution in [0, 0.1) is 0 Å². The van der Waals surface area contributed by atoms with E-state index in [2.05, 4.69) is 15.6 Å². The zero-order valence-electron chi connectivity index (χ0n) is 11.3. The summed E-state index contributed by atoms with van der Waals surface area (Å²) in [6.45, 7) is 0. The largest absolute Gasteiger partial charge is 0.459 e. The molecule has 0 radical (unpaired) electrons. The maximum absolute atomic E-state index is 11.9. The van der Waals surface area contributed by atoms with Crippen molar-refractivity contribution in [1.82, 2.24) is 4.98 Å². The number of nitrogens with one attached hydrogen (secondary N) is 2. The molecule has 0 saturated heterocycles. The highest BCUT2D eigenvalue weighted by Crippen LogP contribution is 2.14. The normalized spacial score (nSPS) is 10.2. The summed E-state index contributed by atoms with van der Waals surface area (Å²) in [6.07, 6.45) is 2.89. The highest BCUT2D eigenvalue weighted by Gasteiger charge is 2.10. The molecule has 0 unspecified atom stereocenters. The molecule has 22 heavy (non-hydrogen) atoms. The van der Waals surface area contributed by atoms with Gasteiger partial charge in [-0.15, -0.1) is 11.3 Å². The second-order valence-corrected chi connectivity index (χ2v) is 5.24. The van der Waals surface area contributed by atoms with Crippen molar-refractivity contribution in [3.05, 3.63) is 64.9 Å². The van der Waals surface area contributed by atoms with Gasteiger partial charge in [0.25, 0.3) is 11.8 Å². The molecule has 0 spiro atoms. The van der Waals surface area contributed by atoms with Crippen molar-refractivity contribution in [2.75, 3.05) is 10.6 Å². The van der Waals surface area contributed by atoms with Crippen molar-refractivity contribution in [1.29, 1.82) is 0 Å². The average molecular weight is 313 g/mol. The molecule has 3 aromatic heterocycles. The maximum atomic E-state index is 11.9. The van der Waals surface area contributed by atoms with E-state index < -0.39 is 0 Å². The number of hydrogen-bond acceptors (Lipinski definition) is 5. The topological polar surface area (TPSA) is 84.2 Å². The maximum Gasteiger partial charge on any atom is 0.291 e. The van der Waals surface area contributed by atoms with Crippen molar-refractivity contribution < 1.29 is 14.0 Å². The standard InChI is InChI=1S/C15H11N3O3S/c19-14(11-3-1-7-21-11)17-10-5-6-13(16-9-10)18-15(20)12-4-2-8-22-12/h1-9H,(H,17,19)(H,16,18,20). The van der Waals surface area contributed by atoms with Crippen molar-refractivity contribution in [2.24, 2.45) is 0 Å². The van der Waals surface area contributed by atoms with Crippen LogP contribution < -0.4 is 10.6 Å². The van der Waals surface area contributed by atoms with Gasteiger partial charge in [0.05, 0.1) is 23.0 Å². The molecule has 0 aliphatic heterocycles. The van der Waals surface area contributed by atoms with Gasteiger partial charge in [0.2, 0.25) is 0 Å². The van der Waals surface area contributed by atoms with Gasteiger partial charge < -0.3 is 15.1 Å². The molecule has 0 saturated carbocycles. The second-order valence-electron chi connectivity index (χ2n) is 4.29. The zero-order valence-corrected chi connectivity index (χ0v) is 12.1. The summed E-state index contributed by atoms with van der Waals surface area (Å²) < 4.78 is 5.00. The number of thiophene rings is 1. The third kappa shape index (κ3) is 3.21. The number of furan rings is 1. The summed E-state index contributed by atoms with van der Waals surface area (Å²) >= 11 is 1.35. The van der Waals surface area contributed by atoms with Crippen LogP contribution in [0.5, 0.6) is 0 Å². The lowest BCUT2D eigenvalue weighted by molar-refractivity contribution is 0.0994. The van der Waals surface area contributed by atoms with E-state index in [-0.39, 0.29) is 17.6 Å². The highest BCUT2D eigenvalue weighted by molar-refractivity contribution is 7.12. The van der Waals surface area contributed by atoms with Crippen LogP contribution in [0.3, 0.4) is 0 Å². The zero-order chi connectivity index (χ0) is 15.4. The first-order chi connectivity index (χ1) is 10.7. The van der Waals surface area contributed by atoms with E-state index in [4.69, 9.17) is 4.42 Å². The first kappa shape index (κ1) is 14.0. The lowest BCUT2D eigenvalue weighted by Gasteiger charge is -2.05. The molecule has 110 valence electrons. The summed E-state index contributed by atoms with van der Waals surface area (Å²) in [6, 6.07) is 10.0. The minimum Gasteiger partial charge on any atom is -0.459 e. The number of carbonyl (C=O) groups is 2. The molecule has 6 nitrogen and oxygen atoms in total. The van der Waals surface area contributed by atoms with Crippen molar-refractivity contribution in [3.63, 3.8) is 0 Å². The van der Waals surface area contributed by atoms with Crippen LogP contribution in [-0.4, -0.2) is 16.8 Å². The summed E-state index contributed by atoms with van der Waals surface area (Å²) in [5, 5.41) is 7.16. The molecule has 0 aliphatic carbocycles. The Hall–Kier alpha value is -2.93. The Morgan fingerprint density at radius 1 is 1.05 bits per heavy atom. The number of rotatable bonds is 4. The molecular formula is C15H11N3O3S. The fourth-order valence-electron chi connectivity index (χ4n) is 1.73. The Kier molecular flexibility index (Phi) is 3.97. The first-order valence-electron chi connectivity index (χ1n) is 6.38. The summed E-state index contributed by atoms with van der Waals surface area (Å²) in [4.78, 5) is 28.4. The van der Waals surface area contributed by atoms with Crippen LogP contribution in [0.25, 0.3) is 0 Å². The van der Waals surface area contributed by atoms with E-state index in [0.29, 0.717) is 16.4 Å². The van der Waals surface area contributed by atoms with Crippen LogP contribution in [0.1, 0.15) is 20.2 Å². The third-order valence-corrected chi connectivity index (χ3v) is 3.62. The molecule has 0 bridgehead atoms. The quantitative estimate of drug-likeness (QED) is 0.774. The Balaban J connectivity index is 1.63. The SMILES string of the molecule is O=C(Nc1ccc(NC(=O)c2cccs2)nc1)c1ccco1. The van der Waals surface area contributed by atoms with Crippen LogP contribution in [0.15, 0.2) is 58.7 Å². The molecule has 3 heterocycles. The minimum absolute atomic E-state index is 0.213. The Bertz CT molecular complexity index is 698. The molecule has 0 atom stereocenters. The monoisotopic (exact) mass is 313 g/mol. The van der Waals surface area contributed by atoms with Gasteiger partial charge in [-0.05, 0) is 35.7 Å². The number of hydrogen-bond donors (Lipinski definition) is 2. The lowest BCUT2D eigenvalue weighted by atomic mass is 10.3. The van der Waals surface area contributed by atoms with Gasteiger partial charge >= 0.3 is 0 Å². The average Bonchev–Trinajstić information content (AvgIpc) is 3.23. The fourth-order valence-corrected chi connectivity index (χ4v) is 2.35. The van der Waals surface area contributed by atoms with Crippen LogP contribution in [0.2, 0.25) is 0 Å². The molecule has 0 aliphatic rings. The number of aromatic nitrogens is 1. The van der Waals surface area contributed by atoms with Gasteiger partial charge in [0, 0.05) is 0 Å². The van der Waals surface area contributed by atoms with Gasteiger partial charge in [-0.3, -0.25) is 9.59 Å². The van der Waals surface area contributed by atoms with E-state index in [0.717, 1.165) is 0 Å². The highest BCUT2D eigenvalue weighted by atomic mass is 32.1. The molecule has 7 heteroatoms. The van der Waals surface area contributed by atoms with Gasteiger partial charge in [-0.1, -0.05) is 6.07 Å². The molecular weight excluding hydrogens is 302 g/mol. The molecule has 0 aromatic carbocycles. The van der Waals surface area contributed by atoms with Gasteiger partial charge in [0.15, 0.2) is 5.76 Å². The molecule has 2 amide bonds. The van der Waals surface area contributed by atoms with Gasteiger partial charge in [-0.25, -0.2) is 4.98 Å². The van der Waals surface area contributed by atoms with Crippen molar-refractivity contribution in [3.8, 4) is 0 Å². The minimum atomic E-state index is -0.359. The van der Waals surface area contributed by atoms with Crippen LogP contribution >= 0.6 is 11.3 Å². The van der Waals surface area contributed by atoms with E-state index in [1.165, 1.54) is 23.8 Å². The first-order valence-corrected chi connectivity index (χ1v) is 7.26. The Labute approximate surface area is 129 Å². The second kappa shape index (κ2) is 6.23. The number of pyridine rings is 1. The lowest BCUT2D eigenvalue weighted by Crippen LogP contribution is -2.13. The summed E-state index contributed by atoms with van der Waals surface area (Å²) in [5.41, 5.74) is 0.510. The Morgan fingerprint density at radius 3 is 2.59 bits per heavy atom. The summed E-state index contributed by atoms with van der Waals surface area (Å²) in [5.74, 6) is 0.0570. The number of nitrogens with zero attached hydrogens (tertiary/aromatic N) is 1. The van der Waals surface area contributed by atoms with E-state index in [1.54, 1.807) is 36.4 Å². The Morgan fingerprint density at radius 2 is 1.95 bits per heavy atom. The number of anilines is 2. The van der Waals surface area contributed by atoms with E-state index >= 15 is 0 Å². The fraction of sp³-hybridized carbons (Fsp3) is 0. The van der Waals surface area contributed by atoms with E-state index in [9.17, 15) is 9.59 Å². The molecule has 3 aromatic rings. The molecule has 2 N–H and O–H groups in total. The van der Waals surface area contributed by atoms with Crippen LogP contribution in [-0.2, 0) is 0 Å². The third-order valence-electron chi connectivity index (χ3n) is 2.75. The van der Waals surface area contributed by atoms with Crippen molar-refractivity contribution >= 4 is 34.7 Å². The van der Waals surface area contributed by atoms with Crippen molar-refractivity contribution in [2.45, 2.75) is 0 Å². The van der Waals surface area contributed by atoms with Gasteiger partial charge in [-0.2, -0.15) is 0 Å². The predicted molar refractivity (Wildman–Crippen MR) is 83.2 cm³/mol. The predicted octanol–water partition coefficient (Wildman–Crippen LogP) is 3.24. The van der Waals surface area contributed by atoms with E-state index in [1.807, 2.05) is 5.38 Å². The molecule has 0 fully saturated rings. The molecule has 3 rings (SSSR count). The number of carbonyl (C=O) groups excluding carboxylic acids is 2. The smallest absolute Gasteiger partial charge is 0.291 e. The van der Waals surface area contributed by atoms with Gasteiger partial charge in [0.1, 0.15) is 5.82 Å². The number of amides is 2. The summed E-state index contributed by atoms with van der Waals surface area (Å²) in [7, 11) is 0. The van der Waals surface area contributed by atoms with Crippen LogP contribution in [0.4, 0.5) is 11.5 Å².